The minimum Gasteiger partial charge on any atom is -0.317 e. The van der Waals surface area contributed by atoms with E-state index in [0.29, 0.717) is 0 Å². The van der Waals surface area contributed by atoms with Gasteiger partial charge in [0.25, 0.3) is 0 Å². The minimum absolute atomic E-state index is 1.14. The maximum Gasteiger partial charge on any atom is 0.0403 e. The zero-order chi connectivity index (χ0) is 13.6. The van der Waals surface area contributed by atoms with Crippen LogP contribution in [0.5, 0.6) is 0 Å². The second kappa shape index (κ2) is 12.5. The molecule has 108 valence electrons. The van der Waals surface area contributed by atoms with Gasteiger partial charge in [-0.3, -0.25) is 4.98 Å². The average Bonchev–Trinajstić information content (AvgIpc) is 2.46. The molecule has 1 rings (SSSR count). The van der Waals surface area contributed by atoms with E-state index in [1.54, 1.807) is 0 Å². The van der Waals surface area contributed by atoms with Gasteiger partial charge >= 0.3 is 0 Å². The summed E-state index contributed by atoms with van der Waals surface area (Å²) in [5.74, 6) is 1.18. The maximum atomic E-state index is 4.12. The first kappa shape index (κ1) is 16.5. The molecule has 1 aromatic rings. The van der Waals surface area contributed by atoms with Gasteiger partial charge in [-0.05, 0) is 43.8 Å². The predicted octanol–water partition coefficient (Wildman–Crippen LogP) is 4.51. The number of nitrogens with one attached hydrogen (secondary N) is 1. The first-order valence-electron chi connectivity index (χ1n) is 7.67. The van der Waals surface area contributed by atoms with Gasteiger partial charge in [0, 0.05) is 17.3 Å². The number of pyridine rings is 1. The lowest BCUT2D eigenvalue weighted by atomic mass is 10.1. The summed E-state index contributed by atoms with van der Waals surface area (Å²) in [4.78, 5) is 5.39. The second-order valence-electron chi connectivity index (χ2n) is 4.91. The van der Waals surface area contributed by atoms with Crippen LogP contribution in [-0.4, -0.2) is 23.8 Å². The third-order valence-corrected chi connectivity index (χ3v) is 4.18. The molecule has 0 unspecified atom stereocenters. The van der Waals surface area contributed by atoms with Crippen molar-refractivity contribution in [1.82, 2.24) is 10.3 Å². The number of hydrogen-bond donors (Lipinski definition) is 1. The van der Waals surface area contributed by atoms with Crippen molar-refractivity contribution < 1.29 is 0 Å². The van der Waals surface area contributed by atoms with Crippen molar-refractivity contribution >= 4 is 11.8 Å². The first-order chi connectivity index (χ1) is 9.43. The number of nitrogens with zero attached hydrogens (tertiary/aromatic N) is 1. The molecule has 1 N–H and O–H groups in total. The van der Waals surface area contributed by atoms with Crippen LogP contribution in [0, 0.1) is 0 Å². The summed E-state index contributed by atoms with van der Waals surface area (Å²) >= 11 is 1.90. The predicted molar refractivity (Wildman–Crippen MR) is 85.8 cm³/mol. The third-order valence-electron chi connectivity index (χ3n) is 3.11. The SMILES string of the molecule is CCCCCCCCNCCCSc1cccnc1. The average molecular weight is 280 g/mol. The lowest BCUT2D eigenvalue weighted by Crippen LogP contribution is -2.17. The van der Waals surface area contributed by atoms with Gasteiger partial charge in [-0.1, -0.05) is 39.0 Å². The lowest BCUT2D eigenvalue weighted by Gasteiger charge is -2.05. The molecule has 0 radical (unpaired) electrons. The molecule has 0 aliphatic carbocycles. The van der Waals surface area contributed by atoms with Gasteiger partial charge in [-0.2, -0.15) is 0 Å². The number of aromatic nitrogens is 1. The molecule has 0 saturated carbocycles. The van der Waals surface area contributed by atoms with Gasteiger partial charge in [-0.25, -0.2) is 0 Å². The second-order valence-corrected chi connectivity index (χ2v) is 6.08. The highest BCUT2D eigenvalue weighted by molar-refractivity contribution is 7.99. The lowest BCUT2D eigenvalue weighted by molar-refractivity contribution is 0.571. The Hall–Kier alpha value is -0.540. The summed E-state index contributed by atoms with van der Waals surface area (Å²) in [6, 6.07) is 4.13. The van der Waals surface area contributed by atoms with Crippen molar-refractivity contribution in [3.63, 3.8) is 0 Å². The first-order valence-corrected chi connectivity index (χ1v) is 8.65. The highest BCUT2D eigenvalue weighted by Crippen LogP contribution is 2.16. The van der Waals surface area contributed by atoms with Gasteiger partial charge in [0.1, 0.15) is 0 Å². The van der Waals surface area contributed by atoms with Crippen LogP contribution in [0.3, 0.4) is 0 Å². The van der Waals surface area contributed by atoms with Crippen LogP contribution in [-0.2, 0) is 0 Å². The van der Waals surface area contributed by atoms with Crippen LogP contribution < -0.4 is 5.32 Å². The molecule has 1 aromatic heterocycles. The van der Waals surface area contributed by atoms with Gasteiger partial charge in [0.15, 0.2) is 0 Å². The molecule has 0 aromatic carbocycles. The molecular formula is C16H28N2S. The summed E-state index contributed by atoms with van der Waals surface area (Å²) in [6.07, 6.45) is 13.3. The molecular weight excluding hydrogens is 252 g/mol. The molecule has 0 spiro atoms. The van der Waals surface area contributed by atoms with E-state index >= 15 is 0 Å². The maximum absolute atomic E-state index is 4.12. The standard InChI is InChI=1S/C16H28N2S/c1-2-3-4-5-6-7-11-17-13-9-14-19-16-10-8-12-18-15-16/h8,10,12,15,17H,2-7,9,11,13-14H2,1H3. The van der Waals surface area contributed by atoms with E-state index in [2.05, 4.69) is 23.3 Å². The molecule has 3 heteroatoms. The van der Waals surface area contributed by atoms with E-state index in [-0.39, 0.29) is 0 Å². The summed E-state index contributed by atoms with van der Waals surface area (Å²) in [5, 5.41) is 3.53. The molecule has 0 aliphatic heterocycles. The van der Waals surface area contributed by atoms with Crippen LogP contribution in [0.1, 0.15) is 51.9 Å². The summed E-state index contributed by atoms with van der Waals surface area (Å²) in [5.41, 5.74) is 0. The van der Waals surface area contributed by atoms with E-state index in [1.807, 2.05) is 30.2 Å². The van der Waals surface area contributed by atoms with Gasteiger partial charge in [0.2, 0.25) is 0 Å². The van der Waals surface area contributed by atoms with E-state index < -0.39 is 0 Å². The summed E-state index contributed by atoms with van der Waals surface area (Å²) in [7, 11) is 0. The van der Waals surface area contributed by atoms with E-state index in [4.69, 9.17) is 0 Å². The summed E-state index contributed by atoms with van der Waals surface area (Å²) in [6.45, 7) is 4.59. The van der Waals surface area contributed by atoms with Crippen molar-refractivity contribution in [2.75, 3.05) is 18.8 Å². The Balaban J connectivity index is 1.79. The molecule has 0 aliphatic rings. The van der Waals surface area contributed by atoms with E-state index in [1.165, 1.54) is 62.1 Å². The zero-order valence-corrected chi connectivity index (χ0v) is 13.1. The Bertz CT molecular complexity index is 290. The van der Waals surface area contributed by atoms with Crippen LogP contribution in [0.15, 0.2) is 29.4 Å². The molecule has 0 amide bonds. The Morgan fingerprint density at radius 3 is 2.63 bits per heavy atom. The highest BCUT2D eigenvalue weighted by atomic mass is 32.2. The summed E-state index contributed by atoms with van der Waals surface area (Å²) < 4.78 is 0. The van der Waals surface area contributed by atoms with Crippen LogP contribution >= 0.6 is 11.8 Å². The fraction of sp³-hybridized carbons (Fsp3) is 0.688. The van der Waals surface area contributed by atoms with Crippen molar-refractivity contribution in [1.29, 1.82) is 0 Å². The molecule has 19 heavy (non-hydrogen) atoms. The van der Waals surface area contributed by atoms with Gasteiger partial charge in [-0.15, -0.1) is 11.8 Å². The van der Waals surface area contributed by atoms with Gasteiger partial charge < -0.3 is 5.32 Å². The molecule has 0 atom stereocenters. The smallest absolute Gasteiger partial charge is 0.0403 e. The number of thioether (sulfide) groups is 1. The molecule has 1 heterocycles. The zero-order valence-electron chi connectivity index (χ0n) is 12.2. The Labute approximate surface area is 122 Å². The van der Waals surface area contributed by atoms with Crippen molar-refractivity contribution in [2.45, 2.75) is 56.8 Å². The van der Waals surface area contributed by atoms with E-state index in [0.717, 1.165) is 6.54 Å². The van der Waals surface area contributed by atoms with Gasteiger partial charge in [0.05, 0.1) is 0 Å². The quantitative estimate of drug-likeness (QED) is 0.450. The normalized spacial score (nSPS) is 10.8. The van der Waals surface area contributed by atoms with Crippen LogP contribution in [0.4, 0.5) is 0 Å². The molecule has 0 fully saturated rings. The Morgan fingerprint density at radius 2 is 1.84 bits per heavy atom. The van der Waals surface area contributed by atoms with Crippen LogP contribution in [0.2, 0.25) is 0 Å². The van der Waals surface area contributed by atoms with Crippen molar-refractivity contribution in [3.8, 4) is 0 Å². The number of unbranched alkanes of at least 4 members (excludes halogenated alkanes) is 5. The Kier molecular flexibility index (Phi) is 10.9. The molecule has 0 bridgehead atoms. The molecule has 2 nitrogen and oxygen atoms in total. The minimum atomic E-state index is 1.14. The van der Waals surface area contributed by atoms with Crippen LogP contribution in [0.25, 0.3) is 0 Å². The largest absolute Gasteiger partial charge is 0.317 e. The monoisotopic (exact) mass is 280 g/mol. The van der Waals surface area contributed by atoms with E-state index in [9.17, 15) is 0 Å². The highest BCUT2D eigenvalue weighted by Gasteiger charge is 1.94. The Morgan fingerprint density at radius 1 is 1.05 bits per heavy atom. The number of hydrogen-bond acceptors (Lipinski definition) is 3. The third kappa shape index (κ3) is 9.97. The van der Waals surface area contributed by atoms with Crippen molar-refractivity contribution in [2.24, 2.45) is 0 Å². The fourth-order valence-corrected chi connectivity index (χ4v) is 2.81. The number of rotatable bonds is 12. The fourth-order valence-electron chi connectivity index (χ4n) is 1.97. The molecule has 0 saturated heterocycles. The topological polar surface area (TPSA) is 24.9 Å². The van der Waals surface area contributed by atoms with Crippen molar-refractivity contribution in [3.05, 3.63) is 24.5 Å².